The van der Waals surface area contributed by atoms with Gasteiger partial charge in [0, 0.05) is 43.9 Å². The van der Waals surface area contributed by atoms with E-state index in [0.29, 0.717) is 21.3 Å². The zero-order valence-corrected chi connectivity index (χ0v) is 21.3. The van der Waals surface area contributed by atoms with Gasteiger partial charge in [-0.1, -0.05) is 41.4 Å². The van der Waals surface area contributed by atoms with E-state index in [1.807, 2.05) is 24.3 Å². The number of nitrogens with one attached hydrogen (secondary N) is 2. The van der Waals surface area contributed by atoms with E-state index in [-0.39, 0.29) is 18.3 Å². The molecule has 1 fully saturated rings. The minimum absolute atomic E-state index is 0. The van der Waals surface area contributed by atoms with Crippen molar-refractivity contribution in [3.8, 4) is 10.6 Å². The fraction of sp³-hybridized carbons (Fsp3) is 0.200. The first kappa shape index (κ1) is 24.9. The van der Waals surface area contributed by atoms with Gasteiger partial charge < -0.3 is 10.6 Å². The average molecular weight is 534 g/mol. The van der Waals surface area contributed by atoms with Crippen molar-refractivity contribution >= 4 is 68.8 Å². The Kier molecular flexibility index (Phi) is 8.09. The van der Waals surface area contributed by atoms with Crippen LogP contribution in [0.15, 0.2) is 60.7 Å². The molecule has 0 spiro atoms. The van der Waals surface area contributed by atoms with Crippen molar-refractivity contribution < 1.29 is 4.79 Å². The molecule has 1 aliphatic rings. The van der Waals surface area contributed by atoms with Crippen molar-refractivity contribution in [2.45, 2.75) is 6.54 Å². The maximum Gasteiger partial charge on any atom is 0.255 e. The zero-order chi connectivity index (χ0) is 22.8. The second-order valence-corrected chi connectivity index (χ2v) is 9.82. The molecule has 1 saturated heterocycles. The van der Waals surface area contributed by atoms with Crippen molar-refractivity contribution in [2.75, 3.05) is 31.5 Å². The van der Waals surface area contributed by atoms with E-state index in [0.717, 1.165) is 53.5 Å². The van der Waals surface area contributed by atoms with Gasteiger partial charge in [0.15, 0.2) is 0 Å². The molecular formula is C25H23Cl3N4OS. The molecule has 0 aliphatic carbocycles. The summed E-state index contributed by atoms with van der Waals surface area (Å²) in [4.78, 5) is 20.1. The van der Waals surface area contributed by atoms with Gasteiger partial charge in [-0.05, 0) is 48.0 Å². The fourth-order valence-corrected chi connectivity index (χ4v) is 5.29. The van der Waals surface area contributed by atoms with E-state index in [1.165, 1.54) is 5.56 Å². The first-order valence-electron chi connectivity index (χ1n) is 10.8. The number of thiazole rings is 1. The number of benzene rings is 3. The number of rotatable bonds is 5. The molecule has 1 aliphatic heterocycles. The second kappa shape index (κ2) is 11.0. The Morgan fingerprint density at radius 3 is 2.62 bits per heavy atom. The molecule has 0 saturated carbocycles. The summed E-state index contributed by atoms with van der Waals surface area (Å²) in [5.74, 6) is -0.250. The Morgan fingerprint density at radius 1 is 1.03 bits per heavy atom. The molecule has 5 nitrogen and oxygen atoms in total. The molecule has 0 unspecified atom stereocenters. The Hall–Kier alpha value is -2.19. The van der Waals surface area contributed by atoms with Gasteiger partial charge in [0.2, 0.25) is 0 Å². The molecule has 2 N–H and O–H groups in total. The third kappa shape index (κ3) is 5.54. The van der Waals surface area contributed by atoms with Gasteiger partial charge in [0.05, 0.1) is 25.9 Å². The predicted octanol–water partition coefficient (Wildman–Crippen LogP) is 6.35. The van der Waals surface area contributed by atoms with E-state index < -0.39 is 0 Å². The van der Waals surface area contributed by atoms with E-state index in [1.54, 1.807) is 29.5 Å². The first-order valence-corrected chi connectivity index (χ1v) is 12.3. The normalized spacial score (nSPS) is 14.1. The highest BCUT2D eigenvalue weighted by molar-refractivity contribution is 7.21. The summed E-state index contributed by atoms with van der Waals surface area (Å²) in [5.41, 5.74) is 4.29. The molecule has 1 amide bonds. The maximum absolute atomic E-state index is 12.8. The lowest BCUT2D eigenvalue weighted by atomic mass is 10.1. The van der Waals surface area contributed by atoms with E-state index in [2.05, 4.69) is 33.7 Å². The quantitative estimate of drug-likeness (QED) is 0.314. The summed E-state index contributed by atoms with van der Waals surface area (Å²) in [7, 11) is 0. The van der Waals surface area contributed by atoms with Crippen LogP contribution in [-0.2, 0) is 6.54 Å². The molecular weight excluding hydrogens is 511 g/mol. The van der Waals surface area contributed by atoms with Crippen molar-refractivity contribution in [2.24, 2.45) is 0 Å². The highest BCUT2D eigenvalue weighted by atomic mass is 35.5. The van der Waals surface area contributed by atoms with Crippen LogP contribution in [-0.4, -0.2) is 42.0 Å². The SMILES string of the molecule is Cl.O=C(Nc1ccccc1-c1nc2ccc(CN3CCNCC3)cc2s1)c1ccc(Cl)c(Cl)c1. The molecule has 5 rings (SSSR count). The molecule has 4 aromatic rings. The molecule has 9 heteroatoms. The van der Waals surface area contributed by atoms with Gasteiger partial charge in [-0.25, -0.2) is 4.98 Å². The molecule has 0 radical (unpaired) electrons. The van der Waals surface area contributed by atoms with Crippen LogP contribution in [0, 0.1) is 0 Å². The van der Waals surface area contributed by atoms with Crippen LogP contribution >= 0.6 is 46.9 Å². The van der Waals surface area contributed by atoms with Gasteiger partial charge in [-0.15, -0.1) is 23.7 Å². The van der Waals surface area contributed by atoms with Crippen molar-refractivity contribution in [1.82, 2.24) is 15.2 Å². The van der Waals surface area contributed by atoms with Crippen LogP contribution in [0.25, 0.3) is 20.8 Å². The number of carbonyl (C=O) groups excluding carboxylic acids is 1. The molecule has 0 bridgehead atoms. The van der Waals surface area contributed by atoms with Crippen LogP contribution in [0.5, 0.6) is 0 Å². The predicted molar refractivity (Wildman–Crippen MR) is 145 cm³/mol. The van der Waals surface area contributed by atoms with Crippen LogP contribution in [0.1, 0.15) is 15.9 Å². The van der Waals surface area contributed by atoms with Gasteiger partial charge in [-0.2, -0.15) is 0 Å². The van der Waals surface area contributed by atoms with E-state index >= 15 is 0 Å². The second-order valence-electron chi connectivity index (χ2n) is 7.98. The highest BCUT2D eigenvalue weighted by Crippen LogP contribution is 2.35. The number of carbonyl (C=O) groups is 1. The molecule has 3 aromatic carbocycles. The lowest BCUT2D eigenvalue weighted by Crippen LogP contribution is -2.42. The number of fused-ring (bicyclic) bond motifs is 1. The summed E-state index contributed by atoms with van der Waals surface area (Å²) < 4.78 is 1.14. The Morgan fingerprint density at radius 2 is 1.82 bits per heavy atom. The lowest BCUT2D eigenvalue weighted by Gasteiger charge is -2.27. The number of anilines is 1. The van der Waals surface area contributed by atoms with Crippen molar-refractivity contribution in [3.05, 3.63) is 81.8 Å². The summed E-state index contributed by atoms with van der Waals surface area (Å²) in [6, 6.07) is 19.0. The number of hydrogen-bond donors (Lipinski definition) is 2. The standard InChI is InChI=1S/C25H22Cl2N4OS.ClH/c26-19-7-6-17(14-20(19)27)24(32)29-21-4-2-1-3-18(21)25-30-22-8-5-16(13-23(22)33-25)15-31-11-9-28-10-12-31;/h1-8,13-14,28H,9-12,15H2,(H,29,32);1H. The Labute approximate surface area is 218 Å². The van der Waals surface area contributed by atoms with Gasteiger partial charge >= 0.3 is 0 Å². The number of amides is 1. The van der Waals surface area contributed by atoms with Gasteiger partial charge in [0.25, 0.3) is 5.91 Å². The number of aromatic nitrogens is 1. The van der Waals surface area contributed by atoms with E-state index in [4.69, 9.17) is 28.2 Å². The number of piperazine rings is 1. The summed E-state index contributed by atoms with van der Waals surface area (Å²) in [6.07, 6.45) is 0. The number of nitrogens with zero attached hydrogens (tertiary/aromatic N) is 2. The number of hydrogen-bond acceptors (Lipinski definition) is 5. The van der Waals surface area contributed by atoms with Crippen molar-refractivity contribution in [3.63, 3.8) is 0 Å². The Bertz CT molecular complexity index is 1320. The van der Waals surface area contributed by atoms with Crippen molar-refractivity contribution in [1.29, 1.82) is 0 Å². The molecule has 2 heterocycles. The summed E-state index contributed by atoms with van der Waals surface area (Å²) in [6.45, 7) is 5.16. The largest absolute Gasteiger partial charge is 0.321 e. The van der Waals surface area contributed by atoms with Crippen LogP contribution in [0.4, 0.5) is 5.69 Å². The summed E-state index contributed by atoms with van der Waals surface area (Å²) >= 11 is 13.7. The third-order valence-electron chi connectivity index (χ3n) is 5.66. The highest BCUT2D eigenvalue weighted by Gasteiger charge is 2.15. The minimum atomic E-state index is -0.250. The van der Waals surface area contributed by atoms with Crippen LogP contribution in [0.2, 0.25) is 10.0 Å². The molecule has 34 heavy (non-hydrogen) atoms. The first-order chi connectivity index (χ1) is 16.1. The fourth-order valence-electron chi connectivity index (χ4n) is 3.92. The molecule has 1 aromatic heterocycles. The van der Waals surface area contributed by atoms with Crippen LogP contribution < -0.4 is 10.6 Å². The maximum atomic E-state index is 12.8. The monoisotopic (exact) mass is 532 g/mol. The molecule has 176 valence electrons. The van der Waals surface area contributed by atoms with Gasteiger partial charge in [0.1, 0.15) is 5.01 Å². The number of halogens is 3. The topological polar surface area (TPSA) is 57.3 Å². The van der Waals surface area contributed by atoms with Gasteiger partial charge in [-0.3, -0.25) is 9.69 Å². The zero-order valence-electron chi connectivity index (χ0n) is 18.2. The van der Waals surface area contributed by atoms with E-state index in [9.17, 15) is 4.79 Å². The summed E-state index contributed by atoms with van der Waals surface area (Å²) in [5, 5.41) is 8.02. The number of para-hydroxylation sites is 1. The minimum Gasteiger partial charge on any atom is -0.321 e. The van der Waals surface area contributed by atoms with Crippen LogP contribution in [0.3, 0.4) is 0 Å². The Balaban J connectivity index is 0.00000274. The smallest absolute Gasteiger partial charge is 0.255 e. The molecule has 0 atom stereocenters. The third-order valence-corrected chi connectivity index (χ3v) is 7.45. The lowest BCUT2D eigenvalue weighted by molar-refractivity contribution is 0.102. The average Bonchev–Trinajstić information content (AvgIpc) is 3.25.